The summed E-state index contributed by atoms with van der Waals surface area (Å²) in [5.41, 5.74) is 0.704. The van der Waals surface area contributed by atoms with E-state index in [0.29, 0.717) is 16.7 Å². The number of benzene rings is 1. The van der Waals surface area contributed by atoms with Crippen molar-refractivity contribution in [2.45, 2.75) is 12.5 Å². The molecule has 0 aliphatic rings. The smallest absolute Gasteiger partial charge is 0.319 e. The molecule has 0 aliphatic carbocycles. The molecule has 116 valence electrons. The number of urea groups is 1. The van der Waals surface area contributed by atoms with Gasteiger partial charge >= 0.3 is 12.0 Å². The largest absolute Gasteiger partial charge is 0.481 e. The first-order chi connectivity index (χ1) is 9.67. The number of carbonyl (C=O) groups excluding carboxylic acids is 1. The molecule has 1 aromatic rings. The Labute approximate surface area is 138 Å². The van der Waals surface area contributed by atoms with E-state index in [2.05, 4.69) is 33.2 Å². The highest BCUT2D eigenvalue weighted by Gasteiger charge is 2.23. The number of carboxylic acids is 1. The molecule has 21 heavy (non-hydrogen) atoms. The zero-order chi connectivity index (χ0) is 16.0. The van der Waals surface area contributed by atoms with Gasteiger partial charge in [0, 0.05) is 3.57 Å². The van der Waals surface area contributed by atoms with E-state index in [4.69, 9.17) is 5.11 Å². The van der Waals surface area contributed by atoms with Crippen LogP contribution in [0.3, 0.4) is 0 Å². The fourth-order valence-corrected chi connectivity index (χ4v) is 2.46. The molecule has 0 aromatic heterocycles. The Balaban J connectivity index is 2.67. The van der Waals surface area contributed by atoms with E-state index in [9.17, 15) is 9.59 Å². The van der Waals surface area contributed by atoms with Gasteiger partial charge in [-0.1, -0.05) is 12.1 Å². The van der Waals surface area contributed by atoms with Crippen LogP contribution in [-0.4, -0.2) is 55.3 Å². The molecule has 0 saturated heterocycles. The van der Waals surface area contributed by atoms with Gasteiger partial charge in [-0.05, 0) is 34.7 Å². The van der Waals surface area contributed by atoms with Crippen molar-refractivity contribution < 1.29 is 19.2 Å². The Morgan fingerprint density at radius 1 is 1.29 bits per heavy atom. The van der Waals surface area contributed by atoms with Crippen LogP contribution >= 0.6 is 22.6 Å². The molecule has 2 amide bonds. The first kappa shape index (κ1) is 17.7. The first-order valence-electron chi connectivity index (χ1n) is 6.51. The number of amides is 2. The quantitative estimate of drug-likeness (QED) is 0.499. The Morgan fingerprint density at radius 2 is 1.90 bits per heavy atom. The molecule has 0 unspecified atom stereocenters. The number of rotatable bonds is 6. The third kappa shape index (κ3) is 7.28. The van der Waals surface area contributed by atoms with Gasteiger partial charge in [-0.2, -0.15) is 0 Å². The minimum Gasteiger partial charge on any atom is -0.481 e. The van der Waals surface area contributed by atoms with Crippen molar-refractivity contribution in [1.82, 2.24) is 5.32 Å². The molecule has 0 aliphatic heterocycles. The molecule has 3 N–H and O–H groups in total. The number of aliphatic carboxylic acids is 1. The average molecular weight is 406 g/mol. The molecule has 0 saturated carbocycles. The highest BCUT2D eigenvalue weighted by molar-refractivity contribution is 14.1. The normalized spacial score (nSPS) is 12.6. The lowest BCUT2D eigenvalue weighted by atomic mass is 10.2. The molecular formula is C14H21IN3O3+. The maximum atomic E-state index is 12.0. The molecule has 1 rings (SSSR count). The summed E-state index contributed by atoms with van der Waals surface area (Å²) in [4.78, 5) is 22.9. The van der Waals surface area contributed by atoms with Crippen molar-refractivity contribution in [3.8, 4) is 0 Å². The number of anilines is 1. The molecule has 1 aromatic carbocycles. The van der Waals surface area contributed by atoms with Gasteiger partial charge in [0.1, 0.15) is 0 Å². The van der Waals surface area contributed by atoms with Gasteiger partial charge in [-0.15, -0.1) is 0 Å². The van der Waals surface area contributed by atoms with Crippen LogP contribution in [0.2, 0.25) is 0 Å². The minimum atomic E-state index is -0.928. The summed E-state index contributed by atoms with van der Waals surface area (Å²) < 4.78 is 1.49. The fourth-order valence-electron chi connectivity index (χ4n) is 1.94. The zero-order valence-electron chi connectivity index (χ0n) is 12.4. The fraction of sp³-hybridized carbons (Fsp3) is 0.429. The van der Waals surface area contributed by atoms with E-state index in [0.717, 1.165) is 3.57 Å². The molecule has 0 fully saturated rings. The number of halogens is 1. The van der Waals surface area contributed by atoms with Crippen molar-refractivity contribution in [3.05, 3.63) is 27.8 Å². The molecule has 7 heteroatoms. The summed E-state index contributed by atoms with van der Waals surface area (Å²) in [5, 5.41) is 14.4. The number of hydrogen-bond acceptors (Lipinski definition) is 2. The van der Waals surface area contributed by atoms with E-state index in [-0.39, 0.29) is 12.5 Å². The topological polar surface area (TPSA) is 78.4 Å². The highest BCUT2D eigenvalue weighted by atomic mass is 127. The first-order valence-corrected chi connectivity index (χ1v) is 7.59. The summed E-state index contributed by atoms with van der Waals surface area (Å²) >= 11 is 2.13. The summed E-state index contributed by atoms with van der Waals surface area (Å²) in [5.74, 6) is -0.928. The van der Waals surface area contributed by atoms with Crippen LogP contribution in [0.15, 0.2) is 24.3 Å². The van der Waals surface area contributed by atoms with Crippen LogP contribution in [0.1, 0.15) is 6.42 Å². The van der Waals surface area contributed by atoms with Gasteiger partial charge in [-0.3, -0.25) is 4.79 Å². The maximum Gasteiger partial charge on any atom is 0.319 e. The number of hydrogen-bond donors (Lipinski definition) is 3. The number of nitrogens with zero attached hydrogens (tertiary/aromatic N) is 1. The van der Waals surface area contributed by atoms with Gasteiger partial charge in [0.2, 0.25) is 0 Å². The van der Waals surface area contributed by atoms with Crippen LogP contribution in [0.5, 0.6) is 0 Å². The lowest BCUT2D eigenvalue weighted by Gasteiger charge is -2.29. The molecular weight excluding hydrogens is 385 g/mol. The second kappa shape index (κ2) is 7.60. The Kier molecular flexibility index (Phi) is 6.41. The number of likely N-dealkylation sites (N-methyl/N-ethyl adjacent to an activating group) is 1. The molecule has 6 nitrogen and oxygen atoms in total. The van der Waals surface area contributed by atoms with Crippen LogP contribution in [0, 0.1) is 3.57 Å². The summed E-state index contributed by atoms with van der Waals surface area (Å²) in [6.45, 7) is 0.533. The summed E-state index contributed by atoms with van der Waals surface area (Å²) in [6, 6.07) is 6.58. The lowest BCUT2D eigenvalue weighted by Crippen LogP contribution is -2.50. The van der Waals surface area contributed by atoms with Crippen LogP contribution in [-0.2, 0) is 4.79 Å². The number of nitrogens with one attached hydrogen (secondary N) is 2. The van der Waals surface area contributed by atoms with Gasteiger partial charge in [0.05, 0.1) is 45.8 Å². The van der Waals surface area contributed by atoms with Crippen molar-refractivity contribution in [1.29, 1.82) is 0 Å². The number of carboxylic acid groups (broad SMARTS) is 1. The predicted octanol–water partition coefficient (Wildman–Crippen LogP) is 1.96. The van der Waals surface area contributed by atoms with Crippen molar-refractivity contribution in [2.24, 2.45) is 0 Å². The zero-order valence-corrected chi connectivity index (χ0v) is 14.5. The Bertz CT molecular complexity index is 514. The van der Waals surface area contributed by atoms with E-state index in [1.165, 1.54) is 0 Å². The SMILES string of the molecule is C[N+](C)(C)C[C@@H](CC(=O)O)NC(=O)Nc1ccccc1I. The third-order valence-corrected chi connectivity index (χ3v) is 3.59. The minimum absolute atomic E-state index is 0.102. The predicted molar refractivity (Wildman–Crippen MR) is 90.3 cm³/mol. The lowest BCUT2D eigenvalue weighted by molar-refractivity contribution is -0.871. The summed E-state index contributed by atoms with van der Waals surface area (Å²) in [7, 11) is 5.86. The monoisotopic (exact) mass is 406 g/mol. The van der Waals surface area contributed by atoms with E-state index in [1.807, 2.05) is 39.3 Å². The average Bonchev–Trinajstić information content (AvgIpc) is 2.28. The highest BCUT2D eigenvalue weighted by Crippen LogP contribution is 2.16. The van der Waals surface area contributed by atoms with E-state index >= 15 is 0 Å². The van der Waals surface area contributed by atoms with Gasteiger partial charge in [0.15, 0.2) is 0 Å². The Hall–Kier alpha value is -1.35. The van der Waals surface area contributed by atoms with Crippen LogP contribution < -0.4 is 10.6 Å². The molecule has 0 bridgehead atoms. The molecule has 0 spiro atoms. The van der Waals surface area contributed by atoms with Crippen LogP contribution in [0.25, 0.3) is 0 Å². The number of quaternary nitrogens is 1. The van der Waals surface area contributed by atoms with Gasteiger partial charge < -0.3 is 20.2 Å². The number of para-hydroxylation sites is 1. The molecule has 0 heterocycles. The number of carbonyl (C=O) groups is 2. The van der Waals surface area contributed by atoms with E-state index < -0.39 is 12.0 Å². The van der Waals surface area contributed by atoms with E-state index in [1.54, 1.807) is 6.07 Å². The van der Waals surface area contributed by atoms with Crippen molar-refractivity contribution in [3.63, 3.8) is 0 Å². The molecule has 0 radical (unpaired) electrons. The van der Waals surface area contributed by atoms with Gasteiger partial charge in [-0.25, -0.2) is 4.79 Å². The standard InChI is InChI=1S/C14H20IN3O3/c1-18(2,3)9-10(8-13(19)20)16-14(21)17-12-7-5-4-6-11(12)15/h4-7,10H,8-9H2,1-3H3,(H2-,16,17,19,20,21)/p+1/t10-/m1/s1. The second-order valence-electron chi connectivity index (χ2n) is 5.85. The van der Waals surface area contributed by atoms with Crippen molar-refractivity contribution in [2.75, 3.05) is 33.0 Å². The third-order valence-electron chi connectivity index (χ3n) is 2.65. The van der Waals surface area contributed by atoms with Crippen molar-refractivity contribution >= 4 is 40.3 Å². The van der Waals surface area contributed by atoms with Crippen LogP contribution in [0.4, 0.5) is 10.5 Å². The van der Waals surface area contributed by atoms with Gasteiger partial charge in [0.25, 0.3) is 0 Å². The molecule has 1 atom stereocenters. The second-order valence-corrected chi connectivity index (χ2v) is 7.01. The maximum absolute atomic E-state index is 12.0. The Morgan fingerprint density at radius 3 is 2.43 bits per heavy atom. The summed E-state index contributed by atoms with van der Waals surface area (Å²) in [6.07, 6.45) is -0.102.